The second-order valence-electron chi connectivity index (χ2n) is 5.77. The van der Waals surface area contributed by atoms with Gasteiger partial charge in [0.05, 0.1) is 0 Å². The van der Waals surface area contributed by atoms with Gasteiger partial charge in [-0.2, -0.15) is 0 Å². The quantitative estimate of drug-likeness (QED) is 0.940. The smallest absolute Gasteiger partial charge is 0.264 e. The van der Waals surface area contributed by atoms with E-state index in [1.54, 1.807) is 29.2 Å². The highest BCUT2D eigenvalue weighted by molar-refractivity contribution is 5.95. The molecule has 3 rings (SSSR count). The molecular weight excluding hydrogens is 304 g/mol. The van der Waals surface area contributed by atoms with E-state index in [0.29, 0.717) is 11.4 Å². The summed E-state index contributed by atoms with van der Waals surface area (Å²) in [5, 5.41) is 2.69. The molecule has 24 heavy (non-hydrogen) atoms. The molecule has 1 N–H and O–H groups in total. The lowest BCUT2D eigenvalue weighted by atomic mass is 10.0. The van der Waals surface area contributed by atoms with Crippen LogP contribution < -0.4 is 15.0 Å². The number of fused-ring (bicyclic) bond motifs is 1. The molecule has 2 aromatic carbocycles. The zero-order chi connectivity index (χ0) is 16.9. The topological polar surface area (TPSA) is 58.6 Å². The number of hydrogen-bond acceptors (Lipinski definition) is 3. The average molecular weight is 324 g/mol. The lowest BCUT2D eigenvalue weighted by molar-refractivity contribution is -0.120. The van der Waals surface area contributed by atoms with Crippen LogP contribution in [-0.4, -0.2) is 25.0 Å². The van der Waals surface area contributed by atoms with E-state index < -0.39 is 0 Å². The lowest BCUT2D eigenvalue weighted by Gasteiger charge is -2.29. The zero-order valence-electron chi connectivity index (χ0n) is 13.6. The van der Waals surface area contributed by atoms with Crippen LogP contribution in [0.2, 0.25) is 0 Å². The van der Waals surface area contributed by atoms with Crippen LogP contribution in [0.4, 0.5) is 11.4 Å². The summed E-state index contributed by atoms with van der Waals surface area (Å²) in [6.45, 7) is 2.17. The van der Waals surface area contributed by atoms with Gasteiger partial charge in [-0.25, -0.2) is 0 Å². The Balaban J connectivity index is 1.61. The minimum Gasteiger partial charge on any atom is -0.484 e. The first-order valence-corrected chi connectivity index (χ1v) is 8.02. The number of para-hydroxylation sites is 1. The van der Waals surface area contributed by atoms with E-state index in [1.807, 2.05) is 18.2 Å². The van der Waals surface area contributed by atoms with E-state index in [2.05, 4.69) is 11.4 Å². The van der Waals surface area contributed by atoms with Gasteiger partial charge in [0.15, 0.2) is 6.61 Å². The largest absolute Gasteiger partial charge is 0.484 e. The van der Waals surface area contributed by atoms with Gasteiger partial charge in [0.25, 0.3) is 5.91 Å². The lowest BCUT2D eigenvalue weighted by Crippen LogP contribution is -2.38. The molecule has 0 spiro atoms. The molecule has 0 aromatic heterocycles. The predicted octanol–water partition coefficient (Wildman–Crippen LogP) is 3.00. The van der Waals surface area contributed by atoms with E-state index in [0.717, 1.165) is 25.1 Å². The van der Waals surface area contributed by atoms with Gasteiger partial charge in [-0.15, -0.1) is 0 Å². The van der Waals surface area contributed by atoms with Crippen LogP contribution in [-0.2, 0) is 16.0 Å². The third-order valence-electron chi connectivity index (χ3n) is 3.95. The van der Waals surface area contributed by atoms with Crippen molar-refractivity contribution in [2.75, 3.05) is 23.4 Å². The Kier molecular flexibility index (Phi) is 4.79. The average Bonchev–Trinajstić information content (AvgIpc) is 2.60. The fourth-order valence-corrected chi connectivity index (χ4v) is 2.85. The third kappa shape index (κ3) is 3.74. The number of aryl methyl sites for hydroxylation is 1. The summed E-state index contributed by atoms with van der Waals surface area (Å²) in [6, 6.07) is 15.0. The number of anilines is 2. The van der Waals surface area contributed by atoms with Crippen molar-refractivity contribution >= 4 is 23.2 Å². The summed E-state index contributed by atoms with van der Waals surface area (Å²) in [7, 11) is 0. The minimum atomic E-state index is -0.123. The summed E-state index contributed by atoms with van der Waals surface area (Å²) in [5.41, 5.74) is 2.89. The Bertz CT molecular complexity index is 741. The highest BCUT2D eigenvalue weighted by atomic mass is 16.5. The number of rotatable bonds is 4. The van der Waals surface area contributed by atoms with Gasteiger partial charge < -0.3 is 15.0 Å². The van der Waals surface area contributed by atoms with Crippen molar-refractivity contribution in [2.45, 2.75) is 19.8 Å². The van der Waals surface area contributed by atoms with Crippen molar-refractivity contribution in [1.82, 2.24) is 0 Å². The maximum atomic E-state index is 12.5. The van der Waals surface area contributed by atoms with E-state index in [9.17, 15) is 9.59 Å². The molecule has 5 heteroatoms. The Morgan fingerprint density at radius 3 is 2.62 bits per heavy atom. The number of carbonyl (C=O) groups excluding carboxylic acids is 2. The van der Waals surface area contributed by atoms with Crippen LogP contribution >= 0.6 is 0 Å². The van der Waals surface area contributed by atoms with Gasteiger partial charge in [0, 0.05) is 24.8 Å². The summed E-state index contributed by atoms with van der Waals surface area (Å²) < 4.78 is 5.59. The summed E-state index contributed by atoms with van der Waals surface area (Å²) >= 11 is 0. The molecule has 0 atom stereocenters. The number of amides is 2. The second-order valence-corrected chi connectivity index (χ2v) is 5.77. The molecule has 0 radical (unpaired) electrons. The first-order valence-electron chi connectivity index (χ1n) is 8.02. The monoisotopic (exact) mass is 324 g/mol. The standard InChI is InChI=1S/C19H20N2O3/c1-14(22)20-16-8-10-17(11-9-16)24-13-19(23)21-12-4-6-15-5-2-3-7-18(15)21/h2-3,5,7-11H,4,6,12-13H2,1H3,(H,20,22). The predicted molar refractivity (Wildman–Crippen MR) is 93.4 cm³/mol. The SMILES string of the molecule is CC(=O)Nc1ccc(OCC(=O)N2CCCc3ccccc32)cc1. The first kappa shape index (κ1) is 16.1. The molecule has 0 bridgehead atoms. The maximum absolute atomic E-state index is 12.5. The molecule has 0 fully saturated rings. The molecule has 1 aliphatic heterocycles. The third-order valence-corrected chi connectivity index (χ3v) is 3.95. The van der Waals surface area contributed by atoms with Gasteiger partial charge in [-0.3, -0.25) is 9.59 Å². The van der Waals surface area contributed by atoms with Gasteiger partial charge in [0.1, 0.15) is 5.75 Å². The van der Waals surface area contributed by atoms with Crippen molar-refractivity contribution in [1.29, 1.82) is 0 Å². The summed E-state index contributed by atoms with van der Waals surface area (Å²) in [4.78, 5) is 25.3. The maximum Gasteiger partial charge on any atom is 0.264 e. The Labute approximate surface area is 141 Å². The molecule has 124 valence electrons. The van der Waals surface area contributed by atoms with Crippen LogP contribution in [0.1, 0.15) is 18.9 Å². The van der Waals surface area contributed by atoms with Crippen LogP contribution in [0.3, 0.4) is 0 Å². The fourth-order valence-electron chi connectivity index (χ4n) is 2.85. The van der Waals surface area contributed by atoms with Crippen LogP contribution in [0.15, 0.2) is 48.5 Å². The summed E-state index contributed by atoms with van der Waals surface area (Å²) in [5.74, 6) is 0.429. The van der Waals surface area contributed by atoms with Gasteiger partial charge >= 0.3 is 0 Å². The Morgan fingerprint density at radius 2 is 1.88 bits per heavy atom. The molecule has 5 nitrogen and oxygen atoms in total. The van der Waals surface area contributed by atoms with E-state index >= 15 is 0 Å². The zero-order valence-corrected chi connectivity index (χ0v) is 13.6. The number of benzene rings is 2. The molecule has 0 unspecified atom stereocenters. The van der Waals surface area contributed by atoms with Crippen LogP contribution in [0.5, 0.6) is 5.75 Å². The van der Waals surface area contributed by atoms with E-state index in [4.69, 9.17) is 4.74 Å². The molecule has 0 saturated carbocycles. The molecule has 1 aliphatic rings. The number of nitrogens with zero attached hydrogens (tertiary/aromatic N) is 1. The molecule has 2 amide bonds. The molecule has 1 heterocycles. The number of ether oxygens (including phenoxy) is 1. The van der Waals surface area contributed by atoms with Crippen LogP contribution in [0.25, 0.3) is 0 Å². The Hall–Kier alpha value is -2.82. The van der Waals surface area contributed by atoms with E-state index in [-0.39, 0.29) is 18.4 Å². The first-order chi connectivity index (χ1) is 11.6. The van der Waals surface area contributed by atoms with E-state index in [1.165, 1.54) is 12.5 Å². The molecule has 0 saturated heterocycles. The highest BCUT2D eigenvalue weighted by Crippen LogP contribution is 2.26. The van der Waals surface area contributed by atoms with Gasteiger partial charge in [0.2, 0.25) is 5.91 Å². The molecular formula is C19H20N2O3. The normalized spacial score (nSPS) is 13.1. The fraction of sp³-hybridized carbons (Fsp3) is 0.263. The van der Waals surface area contributed by atoms with Gasteiger partial charge in [-0.05, 0) is 48.7 Å². The van der Waals surface area contributed by atoms with Crippen molar-refractivity contribution in [3.8, 4) is 5.75 Å². The second kappa shape index (κ2) is 7.17. The molecule has 2 aromatic rings. The minimum absolute atomic E-state index is 0.00613. The highest BCUT2D eigenvalue weighted by Gasteiger charge is 2.22. The van der Waals surface area contributed by atoms with Crippen molar-refractivity contribution < 1.29 is 14.3 Å². The van der Waals surface area contributed by atoms with Crippen molar-refractivity contribution in [3.63, 3.8) is 0 Å². The van der Waals surface area contributed by atoms with Crippen molar-refractivity contribution in [2.24, 2.45) is 0 Å². The van der Waals surface area contributed by atoms with Crippen LogP contribution in [0, 0.1) is 0 Å². The molecule has 0 aliphatic carbocycles. The van der Waals surface area contributed by atoms with Gasteiger partial charge in [-0.1, -0.05) is 18.2 Å². The number of carbonyl (C=O) groups is 2. The van der Waals surface area contributed by atoms with Crippen molar-refractivity contribution in [3.05, 3.63) is 54.1 Å². The Morgan fingerprint density at radius 1 is 1.12 bits per heavy atom. The number of hydrogen-bond donors (Lipinski definition) is 1. The summed E-state index contributed by atoms with van der Waals surface area (Å²) in [6.07, 6.45) is 1.97. The number of nitrogens with one attached hydrogen (secondary N) is 1.